The van der Waals surface area contributed by atoms with Crippen LogP contribution in [0.15, 0.2) is 23.2 Å². The molecule has 2 aromatic rings. The SMILES string of the molecule is CC(C)(C)C(=O)OCC1CSC(c2cc3cc(CN4CCOCC4)cc([N+](=O)[O-])c3[nH]2)=N1. The number of hydrogen-bond acceptors (Lipinski definition) is 8. The second kappa shape index (κ2) is 9.21. The summed E-state index contributed by atoms with van der Waals surface area (Å²) in [4.78, 5) is 33.5. The lowest BCUT2D eigenvalue weighted by Gasteiger charge is -2.26. The van der Waals surface area contributed by atoms with Crippen LogP contribution in [0.3, 0.4) is 0 Å². The number of benzene rings is 1. The zero-order chi connectivity index (χ0) is 22.9. The molecule has 1 N–H and O–H groups in total. The fourth-order valence-electron chi connectivity index (χ4n) is 3.69. The first kappa shape index (κ1) is 22.8. The number of aromatic nitrogens is 1. The predicted molar refractivity (Wildman–Crippen MR) is 124 cm³/mol. The minimum absolute atomic E-state index is 0.0660. The first-order valence-corrected chi connectivity index (χ1v) is 11.7. The summed E-state index contributed by atoms with van der Waals surface area (Å²) in [5.41, 5.74) is 1.68. The van der Waals surface area contributed by atoms with Gasteiger partial charge in [0.15, 0.2) is 0 Å². The van der Waals surface area contributed by atoms with Gasteiger partial charge in [0.05, 0.1) is 35.3 Å². The highest BCUT2D eigenvalue weighted by Crippen LogP contribution is 2.32. The first-order chi connectivity index (χ1) is 15.2. The Kier molecular flexibility index (Phi) is 6.55. The number of thioether (sulfide) groups is 1. The monoisotopic (exact) mass is 460 g/mol. The second-order valence-corrected chi connectivity index (χ2v) is 10.2. The molecule has 1 unspecified atom stereocenters. The number of aliphatic imine (C=N–C) groups is 1. The van der Waals surface area contributed by atoms with Crippen LogP contribution in [0.1, 0.15) is 32.0 Å². The topological polar surface area (TPSA) is 110 Å². The van der Waals surface area contributed by atoms with Gasteiger partial charge in [0, 0.05) is 36.8 Å². The number of nitro benzene ring substituents is 1. The van der Waals surface area contributed by atoms with Crippen LogP contribution < -0.4 is 0 Å². The van der Waals surface area contributed by atoms with Gasteiger partial charge in [0.25, 0.3) is 5.69 Å². The summed E-state index contributed by atoms with van der Waals surface area (Å²) in [7, 11) is 0. The fraction of sp³-hybridized carbons (Fsp3) is 0.545. The molecule has 0 spiro atoms. The second-order valence-electron chi connectivity index (χ2n) is 9.16. The van der Waals surface area contributed by atoms with Crippen molar-refractivity contribution in [1.82, 2.24) is 9.88 Å². The number of nitrogens with one attached hydrogen (secondary N) is 1. The summed E-state index contributed by atoms with van der Waals surface area (Å²) < 4.78 is 10.8. The van der Waals surface area contributed by atoms with Crippen LogP contribution in [-0.2, 0) is 20.8 Å². The highest BCUT2D eigenvalue weighted by Gasteiger charge is 2.27. The van der Waals surface area contributed by atoms with Crippen molar-refractivity contribution >= 4 is 39.4 Å². The molecule has 0 saturated carbocycles. The van der Waals surface area contributed by atoms with E-state index in [0.717, 1.165) is 34.8 Å². The molecule has 0 aliphatic carbocycles. The molecule has 0 bridgehead atoms. The lowest BCUT2D eigenvalue weighted by molar-refractivity contribution is -0.383. The van der Waals surface area contributed by atoms with Crippen LogP contribution in [0.2, 0.25) is 0 Å². The third kappa shape index (κ3) is 5.13. The number of carbonyl (C=O) groups is 1. The maximum Gasteiger partial charge on any atom is 0.311 e. The van der Waals surface area contributed by atoms with Crippen LogP contribution in [0, 0.1) is 15.5 Å². The maximum atomic E-state index is 12.0. The van der Waals surface area contributed by atoms with E-state index in [0.29, 0.717) is 31.0 Å². The predicted octanol–water partition coefficient (Wildman–Crippen LogP) is 3.36. The lowest BCUT2D eigenvalue weighted by Crippen LogP contribution is -2.35. The van der Waals surface area contributed by atoms with Crippen molar-refractivity contribution in [1.29, 1.82) is 0 Å². The van der Waals surface area contributed by atoms with Crippen molar-refractivity contribution in [3.8, 4) is 0 Å². The van der Waals surface area contributed by atoms with E-state index >= 15 is 0 Å². The third-order valence-corrected chi connectivity index (χ3v) is 6.59. The van der Waals surface area contributed by atoms with Gasteiger partial charge in [-0.25, -0.2) is 0 Å². The van der Waals surface area contributed by atoms with E-state index in [-0.39, 0.29) is 29.2 Å². The van der Waals surface area contributed by atoms with E-state index in [1.165, 1.54) is 0 Å². The van der Waals surface area contributed by atoms with Gasteiger partial charge in [-0.3, -0.25) is 24.8 Å². The average Bonchev–Trinajstić information content (AvgIpc) is 3.38. The van der Waals surface area contributed by atoms with Gasteiger partial charge in [0.1, 0.15) is 17.2 Å². The lowest BCUT2D eigenvalue weighted by atomic mass is 9.97. The smallest absolute Gasteiger partial charge is 0.311 e. The molecule has 1 saturated heterocycles. The number of carbonyl (C=O) groups excluding carboxylic acids is 1. The number of rotatable bonds is 6. The molecule has 1 fully saturated rings. The standard InChI is InChI=1S/C22H28N4O5S/c1-22(2,3)21(27)31-12-16-13-32-20(23-16)17-10-15-8-14(11-25-4-6-30-7-5-25)9-18(26(28)29)19(15)24-17/h8-10,16,24H,4-7,11-13H2,1-3H3. The summed E-state index contributed by atoms with van der Waals surface area (Å²) in [6, 6.07) is 5.44. The van der Waals surface area contributed by atoms with Gasteiger partial charge in [-0.15, -0.1) is 11.8 Å². The molecule has 172 valence electrons. The van der Waals surface area contributed by atoms with Crippen LogP contribution >= 0.6 is 11.8 Å². The molecule has 0 radical (unpaired) electrons. The van der Waals surface area contributed by atoms with Gasteiger partial charge in [-0.05, 0) is 38.5 Å². The van der Waals surface area contributed by atoms with E-state index in [2.05, 4.69) is 14.9 Å². The number of aromatic amines is 1. The van der Waals surface area contributed by atoms with E-state index in [1.807, 2.05) is 32.9 Å². The Morgan fingerprint density at radius 1 is 1.34 bits per heavy atom. The van der Waals surface area contributed by atoms with Crippen molar-refractivity contribution in [2.24, 2.45) is 10.4 Å². The summed E-state index contributed by atoms with van der Waals surface area (Å²) in [5, 5.41) is 13.3. The fourth-order valence-corrected chi connectivity index (χ4v) is 4.70. The normalized spacial score (nSPS) is 19.8. The highest BCUT2D eigenvalue weighted by molar-refractivity contribution is 8.14. The van der Waals surface area contributed by atoms with Crippen molar-refractivity contribution in [2.75, 3.05) is 38.7 Å². The molecule has 1 aromatic heterocycles. The van der Waals surface area contributed by atoms with Crippen LogP contribution in [0.4, 0.5) is 5.69 Å². The number of fused-ring (bicyclic) bond motifs is 1. The minimum atomic E-state index is -0.548. The number of nitro groups is 1. The van der Waals surface area contributed by atoms with Gasteiger partial charge < -0.3 is 14.5 Å². The van der Waals surface area contributed by atoms with Gasteiger partial charge >= 0.3 is 5.97 Å². The Balaban J connectivity index is 1.54. The van der Waals surface area contributed by atoms with E-state index in [4.69, 9.17) is 9.47 Å². The van der Waals surface area contributed by atoms with E-state index in [9.17, 15) is 14.9 Å². The van der Waals surface area contributed by atoms with Gasteiger partial charge in [-0.2, -0.15) is 0 Å². The largest absolute Gasteiger partial charge is 0.463 e. The first-order valence-electron chi connectivity index (χ1n) is 10.7. The number of non-ortho nitro benzene ring substituents is 1. The molecular weight excluding hydrogens is 432 g/mol. The molecule has 3 heterocycles. The van der Waals surface area contributed by atoms with E-state index in [1.54, 1.807) is 17.8 Å². The zero-order valence-corrected chi connectivity index (χ0v) is 19.4. The Morgan fingerprint density at radius 3 is 2.78 bits per heavy atom. The van der Waals surface area contributed by atoms with E-state index < -0.39 is 5.41 Å². The Labute approximate surface area is 190 Å². The minimum Gasteiger partial charge on any atom is -0.463 e. The van der Waals surface area contributed by atoms with Crippen LogP contribution in [0.5, 0.6) is 0 Å². The van der Waals surface area contributed by atoms with Gasteiger partial charge in [0.2, 0.25) is 0 Å². The Morgan fingerprint density at radius 2 is 2.09 bits per heavy atom. The number of ether oxygens (including phenoxy) is 2. The van der Waals surface area contributed by atoms with Crippen LogP contribution in [0.25, 0.3) is 10.9 Å². The summed E-state index contributed by atoms with van der Waals surface area (Å²) in [6.45, 7) is 9.34. The Bertz CT molecular complexity index is 1050. The molecule has 10 heteroatoms. The molecule has 2 aliphatic rings. The average molecular weight is 461 g/mol. The summed E-state index contributed by atoms with van der Waals surface area (Å²) in [6.07, 6.45) is 0. The maximum absolute atomic E-state index is 12.0. The van der Waals surface area contributed by atoms with Crippen molar-refractivity contribution < 1.29 is 19.2 Å². The van der Waals surface area contributed by atoms with Crippen LogP contribution in [-0.4, -0.2) is 70.5 Å². The number of hydrogen-bond donors (Lipinski definition) is 1. The Hall–Kier alpha value is -2.43. The summed E-state index contributed by atoms with van der Waals surface area (Å²) >= 11 is 1.56. The summed E-state index contributed by atoms with van der Waals surface area (Å²) in [5.74, 6) is 0.451. The molecule has 0 amide bonds. The number of H-pyrrole nitrogens is 1. The molecule has 1 aromatic carbocycles. The molecule has 9 nitrogen and oxygen atoms in total. The number of morpholine rings is 1. The zero-order valence-electron chi connectivity index (χ0n) is 18.6. The van der Waals surface area contributed by atoms with Crippen molar-refractivity contribution in [2.45, 2.75) is 33.4 Å². The number of nitrogens with zero attached hydrogens (tertiary/aromatic N) is 3. The third-order valence-electron chi connectivity index (χ3n) is 5.44. The van der Waals surface area contributed by atoms with Crippen molar-refractivity contribution in [3.63, 3.8) is 0 Å². The molecule has 32 heavy (non-hydrogen) atoms. The molecule has 4 rings (SSSR count). The van der Waals surface area contributed by atoms with Crippen molar-refractivity contribution in [3.05, 3.63) is 39.6 Å². The number of esters is 1. The quantitative estimate of drug-likeness (QED) is 0.400. The molecule has 2 aliphatic heterocycles. The van der Waals surface area contributed by atoms with Gasteiger partial charge in [-0.1, -0.05) is 0 Å². The molecule has 1 atom stereocenters. The molecular formula is C22H28N4O5S. The highest BCUT2D eigenvalue weighted by atomic mass is 32.2.